The predicted molar refractivity (Wildman–Crippen MR) is 65.4 cm³/mol. The second-order valence-corrected chi connectivity index (χ2v) is 6.45. The van der Waals surface area contributed by atoms with Crippen molar-refractivity contribution >= 4 is 21.4 Å². The maximum Gasteiger partial charge on any atom is 0.329 e. The quantitative estimate of drug-likeness (QED) is 0.782. The summed E-state index contributed by atoms with van der Waals surface area (Å²) in [6.07, 6.45) is 1.32. The normalized spacial score (nSPS) is 11.7. The predicted octanol–water partition coefficient (Wildman–Crippen LogP) is -0.0669. The Kier molecular flexibility index (Phi) is 4.16. The lowest BCUT2D eigenvalue weighted by Crippen LogP contribution is -2.37. The molecule has 0 spiro atoms. The second-order valence-electron chi connectivity index (χ2n) is 3.81. The van der Waals surface area contributed by atoms with Crippen LogP contribution in [0.15, 0.2) is 9.59 Å². The van der Waals surface area contributed by atoms with E-state index in [4.69, 9.17) is 11.6 Å². The van der Waals surface area contributed by atoms with Crippen molar-refractivity contribution in [1.82, 2.24) is 9.55 Å². The zero-order chi connectivity index (χ0) is 13.2. The first-order valence-electron chi connectivity index (χ1n) is 4.89. The zero-order valence-corrected chi connectivity index (χ0v) is 11.1. The molecule has 0 aromatic carbocycles. The van der Waals surface area contributed by atoms with Crippen LogP contribution in [0, 0.1) is 6.92 Å². The number of nitrogens with one attached hydrogen (secondary N) is 1. The molecule has 0 bridgehead atoms. The van der Waals surface area contributed by atoms with Gasteiger partial charge in [0.25, 0.3) is 5.56 Å². The first-order chi connectivity index (χ1) is 7.72. The number of aromatic amines is 1. The first kappa shape index (κ1) is 14.0. The van der Waals surface area contributed by atoms with Crippen LogP contribution in [0.2, 0.25) is 5.15 Å². The third-order valence-electron chi connectivity index (χ3n) is 2.25. The minimum absolute atomic E-state index is 0.0133. The van der Waals surface area contributed by atoms with E-state index in [0.29, 0.717) is 0 Å². The van der Waals surface area contributed by atoms with Gasteiger partial charge in [0.05, 0.1) is 5.75 Å². The molecule has 0 aliphatic heterocycles. The Morgan fingerprint density at radius 2 is 1.94 bits per heavy atom. The average Bonchev–Trinajstić information content (AvgIpc) is 2.18. The molecule has 0 aliphatic rings. The van der Waals surface area contributed by atoms with Crippen LogP contribution in [-0.2, 0) is 16.4 Å². The molecule has 96 valence electrons. The highest BCUT2D eigenvalue weighted by Gasteiger charge is 2.09. The SMILES string of the molecule is Cc1c(Cl)[nH]c(=O)n(CCCS(C)(=O)=O)c1=O. The van der Waals surface area contributed by atoms with Gasteiger partial charge in [-0.05, 0) is 13.3 Å². The van der Waals surface area contributed by atoms with Gasteiger partial charge in [-0.3, -0.25) is 14.3 Å². The van der Waals surface area contributed by atoms with Gasteiger partial charge in [0, 0.05) is 18.4 Å². The summed E-state index contributed by atoms with van der Waals surface area (Å²) in [5.41, 5.74) is -0.878. The van der Waals surface area contributed by atoms with Crippen molar-refractivity contribution in [3.63, 3.8) is 0 Å². The van der Waals surface area contributed by atoms with E-state index in [2.05, 4.69) is 4.98 Å². The molecule has 0 radical (unpaired) electrons. The Morgan fingerprint density at radius 1 is 1.35 bits per heavy atom. The summed E-state index contributed by atoms with van der Waals surface area (Å²) in [5, 5.41) is 0.0133. The van der Waals surface area contributed by atoms with E-state index >= 15 is 0 Å². The van der Waals surface area contributed by atoms with Crippen molar-refractivity contribution in [2.45, 2.75) is 19.9 Å². The van der Waals surface area contributed by atoms with E-state index in [0.717, 1.165) is 10.8 Å². The minimum Gasteiger partial charge on any atom is -0.297 e. The molecule has 17 heavy (non-hydrogen) atoms. The smallest absolute Gasteiger partial charge is 0.297 e. The molecule has 8 heteroatoms. The number of aromatic nitrogens is 2. The molecule has 0 unspecified atom stereocenters. The molecule has 1 aromatic rings. The van der Waals surface area contributed by atoms with Gasteiger partial charge in [-0.15, -0.1) is 0 Å². The van der Waals surface area contributed by atoms with Crippen LogP contribution in [0.25, 0.3) is 0 Å². The van der Waals surface area contributed by atoms with E-state index in [-0.39, 0.29) is 29.4 Å². The summed E-state index contributed by atoms with van der Waals surface area (Å²) in [7, 11) is -3.09. The van der Waals surface area contributed by atoms with Crippen LogP contribution in [0.3, 0.4) is 0 Å². The molecule has 0 aliphatic carbocycles. The average molecular weight is 281 g/mol. The summed E-state index contributed by atoms with van der Waals surface area (Å²) in [5.74, 6) is -0.0689. The van der Waals surface area contributed by atoms with Crippen molar-refractivity contribution in [3.8, 4) is 0 Å². The Labute approximate surface area is 103 Å². The largest absolute Gasteiger partial charge is 0.329 e. The summed E-state index contributed by atoms with van der Waals surface area (Å²) >= 11 is 5.63. The van der Waals surface area contributed by atoms with E-state index in [1.54, 1.807) is 0 Å². The fraction of sp³-hybridized carbons (Fsp3) is 0.556. The number of halogens is 1. The molecule has 1 rings (SSSR count). The Bertz CT molecular complexity index is 629. The fourth-order valence-corrected chi connectivity index (χ4v) is 2.15. The monoisotopic (exact) mass is 280 g/mol. The highest BCUT2D eigenvalue weighted by molar-refractivity contribution is 7.90. The van der Waals surface area contributed by atoms with E-state index < -0.39 is 21.1 Å². The lowest BCUT2D eigenvalue weighted by atomic mass is 10.3. The lowest BCUT2D eigenvalue weighted by Gasteiger charge is -2.05. The number of hydrogen-bond donors (Lipinski definition) is 1. The van der Waals surface area contributed by atoms with Crippen LogP contribution >= 0.6 is 11.6 Å². The van der Waals surface area contributed by atoms with Gasteiger partial charge in [0.15, 0.2) is 0 Å². The van der Waals surface area contributed by atoms with Crippen molar-refractivity contribution in [3.05, 3.63) is 31.6 Å². The number of sulfone groups is 1. The summed E-state index contributed by atoms with van der Waals surface area (Å²) in [4.78, 5) is 25.4. The van der Waals surface area contributed by atoms with Crippen molar-refractivity contribution < 1.29 is 8.42 Å². The molecule has 1 aromatic heterocycles. The fourth-order valence-electron chi connectivity index (χ4n) is 1.33. The van der Waals surface area contributed by atoms with Crippen LogP contribution < -0.4 is 11.2 Å². The number of hydrogen-bond acceptors (Lipinski definition) is 4. The molecule has 6 nitrogen and oxygen atoms in total. The molecule has 0 saturated carbocycles. The molecule has 0 amide bonds. The Balaban J connectivity index is 2.97. The second kappa shape index (κ2) is 5.05. The van der Waals surface area contributed by atoms with Crippen LogP contribution in [-0.4, -0.2) is 30.0 Å². The standard InChI is InChI=1S/C9H13ClN2O4S/c1-6-7(10)11-9(14)12(8(6)13)4-3-5-17(2,15)16/h3-5H2,1-2H3,(H,11,14). The van der Waals surface area contributed by atoms with Gasteiger partial charge in [-0.1, -0.05) is 11.6 Å². The number of rotatable bonds is 4. The van der Waals surface area contributed by atoms with E-state index in [1.165, 1.54) is 6.92 Å². The Hall–Kier alpha value is -1.08. The van der Waals surface area contributed by atoms with Gasteiger partial charge in [-0.25, -0.2) is 13.2 Å². The van der Waals surface area contributed by atoms with Crippen molar-refractivity contribution in [2.75, 3.05) is 12.0 Å². The lowest BCUT2D eigenvalue weighted by molar-refractivity contribution is 0.580. The number of nitrogens with zero attached hydrogens (tertiary/aromatic N) is 1. The molecule has 0 fully saturated rings. The van der Waals surface area contributed by atoms with Crippen molar-refractivity contribution in [2.24, 2.45) is 0 Å². The van der Waals surface area contributed by atoms with E-state index in [9.17, 15) is 18.0 Å². The van der Waals surface area contributed by atoms with Gasteiger partial charge in [0.2, 0.25) is 0 Å². The molecule has 1 N–H and O–H groups in total. The maximum atomic E-state index is 11.7. The summed E-state index contributed by atoms with van der Waals surface area (Å²) < 4.78 is 22.8. The maximum absolute atomic E-state index is 11.7. The third-order valence-corrected chi connectivity index (χ3v) is 3.66. The third kappa shape index (κ3) is 3.71. The molecule has 1 heterocycles. The highest BCUT2D eigenvalue weighted by atomic mass is 35.5. The molecular formula is C9H13ClN2O4S. The summed E-state index contributed by atoms with van der Waals surface area (Å²) in [6.45, 7) is 1.55. The topological polar surface area (TPSA) is 89.0 Å². The van der Waals surface area contributed by atoms with Crippen LogP contribution in [0.1, 0.15) is 12.0 Å². The van der Waals surface area contributed by atoms with Crippen LogP contribution in [0.4, 0.5) is 0 Å². The number of H-pyrrole nitrogens is 1. The van der Waals surface area contributed by atoms with Gasteiger partial charge >= 0.3 is 5.69 Å². The zero-order valence-electron chi connectivity index (χ0n) is 9.49. The van der Waals surface area contributed by atoms with Gasteiger partial charge in [-0.2, -0.15) is 0 Å². The molecule has 0 atom stereocenters. The molecular weight excluding hydrogens is 268 g/mol. The van der Waals surface area contributed by atoms with Gasteiger partial charge in [0.1, 0.15) is 15.0 Å². The summed E-state index contributed by atoms with van der Waals surface area (Å²) in [6, 6.07) is 0. The van der Waals surface area contributed by atoms with Crippen molar-refractivity contribution in [1.29, 1.82) is 0 Å². The Morgan fingerprint density at radius 3 is 2.47 bits per heavy atom. The highest BCUT2D eigenvalue weighted by Crippen LogP contribution is 2.03. The minimum atomic E-state index is -3.09. The molecule has 0 saturated heterocycles. The van der Waals surface area contributed by atoms with Gasteiger partial charge < -0.3 is 0 Å². The van der Waals surface area contributed by atoms with E-state index in [1.807, 2.05) is 0 Å². The van der Waals surface area contributed by atoms with Crippen LogP contribution in [0.5, 0.6) is 0 Å². The first-order valence-corrected chi connectivity index (χ1v) is 7.33.